The van der Waals surface area contributed by atoms with Gasteiger partial charge in [0.15, 0.2) is 0 Å². The Labute approximate surface area is 222 Å². The molecule has 0 bridgehead atoms. The summed E-state index contributed by atoms with van der Waals surface area (Å²) in [6.45, 7) is 9.76. The summed E-state index contributed by atoms with van der Waals surface area (Å²) in [5.41, 5.74) is 7.93. The van der Waals surface area contributed by atoms with Gasteiger partial charge in [0.1, 0.15) is 0 Å². The molecule has 0 aromatic heterocycles. The number of nitrogens with two attached hydrogens (primary N) is 1. The van der Waals surface area contributed by atoms with Crippen LogP contribution in [0.2, 0.25) is 0 Å². The zero-order valence-corrected chi connectivity index (χ0v) is 23.0. The number of likely N-dealkylation sites (tertiary alicyclic amines) is 1. The maximum atomic E-state index is 13.6. The summed E-state index contributed by atoms with van der Waals surface area (Å²) in [7, 11) is 0. The van der Waals surface area contributed by atoms with Crippen LogP contribution in [-0.4, -0.2) is 65.5 Å². The Balaban J connectivity index is 1.60. The molecule has 0 spiro atoms. The summed E-state index contributed by atoms with van der Waals surface area (Å²) in [6, 6.07) is 7.38. The molecular formula is C29H46N4O4. The molecule has 1 unspecified atom stereocenters. The van der Waals surface area contributed by atoms with E-state index in [4.69, 9.17) is 5.73 Å². The molecule has 2 aliphatic heterocycles. The van der Waals surface area contributed by atoms with Gasteiger partial charge < -0.3 is 26.0 Å². The molecule has 1 saturated heterocycles. The second kappa shape index (κ2) is 12.9. The van der Waals surface area contributed by atoms with Crippen LogP contribution in [0, 0.1) is 11.3 Å². The fourth-order valence-corrected chi connectivity index (χ4v) is 5.63. The van der Waals surface area contributed by atoms with E-state index in [0.29, 0.717) is 25.9 Å². The molecule has 3 amide bonds. The molecule has 1 aromatic carbocycles. The second-order valence-corrected chi connectivity index (χ2v) is 11.7. The molecule has 37 heavy (non-hydrogen) atoms. The molecule has 8 nitrogen and oxygen atoms in total. The van der Waals surface area contributed by atoms with Crippen LogP contribution in [0.3, 0.4) is 0 Å². The third-order valence-corrected chi connectivity index (χ3v) is 7.77. The summed E-state index contributed by atoms with van der Waals surface area (Å²) >= 11 is 0. The van der Waals surface area contributed by atoms with Gasteiger partial charge in [-0.15, -0.1) is 0 Å². The maximum Gasteiger partial charge on any atom is 0.227 e. The number of aliphatic hydroxyl groups excluding tert-OH is 1. The standard InChI is InChI=1S/C29H46N4O4/c1-5-6-13-31-28(37)20(2)15-25(34)23(30)17-29(3,4)18-27(36)33-19-22(32-14-9-12-26(32)35)16-21-10-7-8-11-24(21)33/h7-8,10-11,20,22-23,25,34H,5-6,9,12-19,30H2,1-4H3,(H,31,37)/t20-,22?,23+,25+/m1/s1. The SMILES string of the molecule is CCCCNC(=O)[C@H](C)C[C@H](O)[C@@H](N)CC(C)(C)CC(=O)N1CC(N2CCCC2=O)Cc2ccccc21. The predicted octanol–water partition coefficient (Wildman–Crippen LogP) is 3.00. The zero-order valence-electron chi connectivity index (χ0n) is 23.0. The fourth-order valence-electron chi connectivity index (χ4n) is 5.63. The Kier molecular flexibility index (Phi) is 10.1. The van der Waals surface area contributed by atoms with E-state index < -0.39 is 17.6 Å². The van der Waals surface area contributed by atoms with Crippen LogP contribution >= 0.6 is 0 Å². The number of rotatable bonds is 12. The molecule has 0 radical (unpaired) electrons. The first-order valence-corrected chi connectivity index (χ1v) is 13.9. The van der Waals surface area contributed by atoms with E-state index in [1.165, 1.54) is 0 Å². The number of carbonyl (C=O) groups is 3. The summed E-state index contributed by atoms with van der Waals surface area (Å²) in [5, 5.41) is 13.6. The summed E-state index contributed by atoms with van der Waals surface area (Å²) in [6.07, 6.45) is 4.33. The molecule has 206 valence electrons. The van der Waals surface area contributed by atoms with E-state index in [9.17, 15) is 19.5 Å². The first-order valence-electron chi connectivity index (χ1n) is 13.9. The van der Waals surface area contributed by atoms with Gasteiger partial charge in [-0.1, -0.05) is 52.3 Å². The molecule has 1 aromatic rings. The Morgan fingerprint density at radius 2 is 2.00 bits per heavy atom. The third kappa shape index (κ3) is 7.77. The van der Waals surface area contributed by atoms with Crippen molar-refractivity contribution in [2.24, 2.45) is 17.1 Å². The second-order valence-electron chi connectivity index (χ2n) is 11.7. The largest absolute Gasteiger partial charge is 0.391 e. The number of amides is 3. The summed E-state index contributed by atoms with van der Waals surface area (Å²) < 4.78 is 0. The van der Waals surface area contributed by atoms with Crippen LogP contribution in [0.5, 0.6) is 0 Å². The predicted molar refractivity (Wildman–Crippen MR) is 146 cm³/mol. The van der Waals surface area contributed by atoms with Crippen LogP contribution in [0.1, 0.15) is 78.2 Å². The first-order chi connectivity index (χ1) is 17.5. The van der Waals surface area contributed by atoms with Gasteiger partial charge in [-0.2, -0.15) is 0 Å². The van der Waals surface area contributed by atoms with Gasteiger partial charge in [0.2, 0.25) is 17.7 Å². The number of nitrogens with zero attached hydrogens (tertiary/aromatic N) is 2. The minimum Gasteiger partial charge on any atom is -0.391 e. The Morgan fingerprint density at radius 3 is 2.68 bits per heavy atom. The van der Waals surface area contributed by atoms with E-state index in [-0.39, 0.29) is 42.5 Å². The van der Waals surface area contributed by atoms with Gasteiger partial charge in [0.05, 0.1) is 12.1 Å². The Hall–Kier alpha value is -2.45. The number of aliphatic hydroxyl groups is 1. The summed E-state index contributed by atoms with van der Waals surface area (Å²) in [5.74, 6) is -0.230. The molecule has 0 aliphatic carbocycles. The quantitative estimate of drug-likeness (QED) is 0.371. The molecule has 3 rings (SSSR count). The number of nitrogens with one attached hydrogen (secondary N) is 1. The molecule has 1 fully saturated rings. The lowest BCUT2D eigenvalue weighted by molar-refractivity contribution is -0.130. The molecule has 2 aliphatic rings. The molecule has 0 saturated carbocycles. The number of hydrogen-bond acceptors (Lipinski definition) is 5. The Morgan fingerprint density at radius 1 is 1.27 bits per heavy atom. The molecule has 8 heteroatoms. The lowest BCUT2D eigenvalue weighted by Gasteiger charge is -2.40. The van der Waals surface area contributed by atoms with Crippen molar-refractivity contribution in [1.29, 1.82) is 0 Å². The number of carbonyl (C=O) groups excluding carboxylic acids is 3. The number of hydrogen-bond donors (Lipinski definition) is 3. The van der Waals surface area contributed by atoms with Crippen molar-refractivity contribution in [2.45, 2.75) is 97.2 Å². The summed E-state index contributed by atoms with van der Waals surface area (Å²) in [4.78, 5) is 42.1. The molecule has 2 heterocycles. The fraction of sp³-hybridized carbons (Fsp3) is 0.690. The van der Waals surface area contributed by atoms with E-state index in [0.717, 1.165) is 43.5 Å². The third-order valence-electron chi connectivity index (χ3n) is 7.77. The van der Waals surface area contributed by atoms with Gasteiger partial charge in [-0.25, -0.2) is 0 Å². The number of anilines is 1. The average Bonchev–Trinajstić information content (AvgIpc) is 3.28. The van der Waals surface area contributed by atoms with Crippen LogP contribution < -0.4 is 16.0 Å². The van der Waals surface area contributed by atoms with Crippen molar-refractivity contribution in [3.05, 3.63) is 29.8 Å². The van der Waals surface area contributed by atoms with Crippen LogP contribution in [0.25, 0.3) is 0 Å². The van der Waals surface area contributed by atoms with Gasteiger partial charge in [0, 0.05) is 50.1 Å². The monoisotopic (exact) mass is 514 g/mol. The highest BCUT2D eigenvalue weighted by atomic mass is 16.3. The zero-order chi connectivity index (χ0) is 27.2. The lowest BCUT2D eigenvalue weighted by Crippen LogP contribution is -2.51. The number of fused-ring (bicyclic) bond motifs is 1. The number of benzene rings is 1. The lowest BCUT2D eigenvalue weighted by atomic mass is 9.79. The van der Waals surface area contributed by atoms with Gasteiger partial charge >= 0.3 is 0 Å². The maximum absolute atomic E-state index is 13.6. The molecule has 4 N–H and O–H groups in total. The minimum absolute atomic E-state index is 0.000782. The Bertz CT molecular complexity index is 950. The number of para-hydroxylation sites is 1. The van der Waals surface area contributed by atoms with Crippen molar-refractivity contribution < 1.29 is 19.5 Å². The number of unbranched alkanes of at least 4 members (excludes halogenated alkanes) is 1. The van der Waals surface area contributed by atoms with E-state index in [1.54, 1.807) is 6.92 Å². The van der Waals surface area contributed by atoms with Crippen LogP contribution in [-0.2, 0) is 20.8 Å². The smallest absolute Gasteiger partial charge is 0.227 e. The van der Waals surface area contributed by atoms with Gasteiger partial charge in [-0.3, -0.25) is 14.4 Å². The van der Waals surface area contributed by atoms with Crippen molar-refractivity contribution >= 4 is 23.4 Å². The van der Waals surface area contributed by atoms with Crippen molar-refractivity contribution in [3.63, 3.8) is 0 Å². The molecular weight excluding hydrogens is 468 g/mol. The molecule has 4 atom stereocenters. The van der Waals surface area contributed by atoms with Crippen molar-refractivity contribution in [1.82, 2.24) is 10.2 Å². The van der Waals surface area contributed by atoms with E-state index >= 15 is 0 Å². The minimum atomic E-state index is -0.831. The van der Waals surface area contributed by atoms with Gasteiger partial charge in [-0.05, 0) is 49.1 Å². The van der Waals surface area contributed by atoms with Crippen molar-refractivity contribution in [3.8, 4) is 0 Å². The van der Waals surface area contributed by atoms with Crippen LogP contribution in [0.15, 0.2) is 24.3 Å². The van der Waals surface area contributed by atoms with Crippen LogP contribution in [0.4, 0.5) is 5.69 Å². The van der Waals surface area contributed by atoms with Crippen molar-refractivity contribution in [2.75, 3.05) is 24.5 Å². The van der Waals surface area contributed by atoms with E-state index in [2.05, 4.69) is 12.2 Å². The van der Waals surface area contributed by atoms with Gasteiger partial charge in [0.25, 0.3) is 0 Å². The highest BCUT2D eigenvalue weighted by Gasteiger charge is 2.37. The highest BCUT2D eigenvalue weighted by Crippen LogP contribution is 2.34. The topological polar surface area (TPSA) is 116 Å². The average molecular weight is 515 g/mol. The van der Waals surface area contributed by atoms with E-state index in [1.807, 2.05) is 47.9 Å². The normalized spacial score (nSPS) is 20.4. The first kappa shape index (κ1) is 29.1. The highest BCUT2D eigenvalue weighted by molar-refractivity contribution is 5.95.